The Hall–Kier alpha value is -0.580. The smallest absolute Gasteiger partial charge is 0.133 e. The second-order valence-electron chi connectivity index (χ2n) is 5.67. The van der Waals surface area contributed by atoms with Crippen molar-refractivity contribution in [3.63, 3.8) is 0 Å². The van der Waals surface area contributed by atoms with E-state index < -0.39 is 0 Å². The molecule has 1 aromatic carbocycles. The van der Waals surface area contributed by atoms with Crippen molar-refractivity contribution in [3.05, 3.63) is 28.2 Å². The van der Waals surface area contributed by atoms with Crippen molar-refractivity contribution in [2.45, 2.75) is 38.6 Å². The van der Waals surface area contributed by atoms with E-state index in [1.54, 1.807) is 7.11 Å². The van der Waals surface area contributed by atoms with Crippen molar-refractivity contribution in [3.8, 4) is 5.75 Å². The molecule has 118 valence electrons. The second-order valence-corrected chi connectivity index (χ2v) is 6.53. The molecule has 0 aliphatic heterocycles. The minimum Gasteiger partial charge on any atom is -0.490 e. The number of hydrogen-bond acceptors (Lipinski definition) is 3. The summed E-state index contributed by atoms with van der Waals surface area (Å²) in [4.78, 5) is 0. The van der Waals surface area contributed by atoms with Gasteiger partial charge in [0, 0.05) is 13.2 Å². The quantitative estimate of drug-likeness (QED) is 0.669. The summed E-state index contributed by atoms with van der Waals surface area (Å²) in [5, 5.41) is 3.62. The molecule has 2 rings (SSSR count). The first kappa shape index (κ1) is 16.8. The number of halogens is 1. The number of methoxy groups -OCH3 is 1. The Morgan fingerprint density at radius 3 is 2.71 bits per heavy atom. The Morgan fingerprint density at radius 2 is 2.14 bits per heavy atom. The van der Waals surface area contributed by atoms with Gasteiger partial charge in [-0.05, 0) is 52.5 Å². The maximum absolute atomic E-state index is 5.69. The average Bonchev–Trinajstić information content (AvgIpc) is 2.43. The minimum absolute atomic E-state index is 0.449. The van der Waals surface area contributed by atoms with E-state index in [4.69, 9.17) is 9.47 Å². The van der Waals surface area contributed by atoms with E-state index in [0.717, 1.165) is 22.7 Å². The van der Waals surface area contributed by atoms with Crippen LogP contribution in [0.5, 0.6) is 5.75 Å². The summed E-state index contributed by atoms with van der Waals surface area (Å²) in [5.41, 5.74) is 1.34. The molecule has 1 unspecified atom stereocenters. The molecule has 0 amide bonds. The van der Waals surface area contributed by atoms with Gasteiger partial charge in [-0.1, -0.05) is 32.3 Å². The Labute approximate surface area is 136 Å². The molecule has 0 heterocycles. The van der Waals surface area contributed by atoms with Crippen LogP contribution in [0.2, 0.25) is 0 Å². The maximum Gasteiger partial charge on any atom is 0.133 e. The zero-order chi connectivity index (χ0) is 15.1. The van der Waals surface area contributed by atoms with Gasteiger partial charge in [0.15, 0.2) is 0 Å². The van der Waals surface area contributed by atoms with Crippen molar-refractivity contribution in [1.29, 1.82) is 0 Å². The van der Waals surface area contributed by atoms with Crippen molar-refractivity contribution < 1.29 is 9.47 Å². The van der Waals surface area contributed by atoms with Gasteiger partial charge in [-0.25, -0.2) is 0 Å². The zero-order valence-electron chi connectivity index (χ0n) is 13.0. The fraction of sp³-hybridized carbons (Fsp3) is 0.647. The lowest BCUT2D eigenvalue weighted by Gasteiger charge is -2.30. The molecule has 1 aliphatic carbocycles. The molecule has 1 atom stereocenters. The van der Waals surface area contributed by atoms with Crippen LogP contribution >= 0.6 is 15.9 Å². The average molecular weight is 356 g/mol. The van der Waals surface area contributed by atoms with E-state index >= 15 is 0 Å². The number of rotatable bonds is 9. The van der Waals surface area contributed by atoms with Gasteiger partial charge in [0.25, 0.3) is 0 Å². The topological polar surface area (TPSA) is 30.5 Å². The highest BCUT2D eigenvalue weighted by Crippen LogP contribution is 2.36. The molecule has 3 nitrogen and oxygen atoms in total. The highest BCUT2D eigenvalue weighted by Gasteiger charge is 2.23. The predicted molar refractivity (Wildman–Crippen MR) is 89.9 cm³/mol. The van der Waals surface area contributed by atoms with E-state index in [1.165, 1.54) is 31.2 Å². The molecule has 1 N–H and O–H groups in total. The summed E-state index contributed by atoms with van der Waals surface area (Å²) < 4.78 is 11.7. The fourth-order valence-electron chi connectivity index (χ4n) is 2.73. The molecular formula is C17H26BrNO2. The standard InChI is InChI=1S/C17H26BrNO2/c1-3-19-16(11-13-5-4-6-13)14-7-8-17(15(18)12-14)21-10-9-20-2/h7-8,12-13,16,19H,3-6,9-11H2,1-2H3. The van der Waals surface area contributed by atoms with Crippen LogP contribution < -0.4 is 10.1 Å². The Bertz CT molecular complexity index is 435. The van der Waals surface area contributed by atoms with Gasteiger partial charge >= 0.3 is 0 Å². The monoisotopic (exact) mass is 355 g/mol. The highest BCUT2D eigenvalue weighted by atomic mass is 79.9. The Kier molecular flexibility index (Phi) is 7.00. The van der Waals surface area contributed by atoms with Crippen LogP contribution in [0.1, 0.15) is 44.2 Å². The van der Waals surface area contributed by atoms with Crippen molar-refractivity contribution in [2.24, 2.45) is 5.92 Å². The molecule has 1 fully saturated rings. The van der Waals surface area contributed by atoms with E-state index in [-0.39, 0.29) is 0 Å². The van der Waals surface area contributed by atoms with Gasteiger partial charge in [-0.3, -0.25) is 0 Å². The van der Waals surface area contributed by atoms with Gasteiger partial charge in [0.1, 0.15) is 12.4 Å². The molecule has 4 heteroatoms. The van der Waals surface area contributed by atoms with Crippen molar-refractivity contribution in [1.82, 2.24) is 5.32 Å². The Balaban J connectivity index is 2.00. The second kappa shape index (κ2) is 8.76. The first-order valence-corrected chi connectivity index (χ1v) is 8.68. The number of benzene rings is 1. The van der Waals surface area contributed by atoms with Gasteiger partial charge in [-0.2, -0.15) is 0 Å². The SMILES string of the molecule is CCNC(CC1CCC1)c1ccc(OCCOC)c(Br)c1. The maximum atomic E-state index is 5.69. The third-order valence-electron chi connectivity index (χ3n) is 4.15. The van der Waals surface area contributed by atoms with Gasteiger partial charge in [-0.15, -0.1) is 0 Å². The summed E-state index contributed by atoms with van der Waals surface area (Å²) in [7, 11) is 1.68. The largest absolute Gasteiger partial charge is 0.490 e. The summed E-state index contributed by atoms with van der Waals surface area (Å²) >= 11 is 3.62. The summed E-state index contributed by atoms with van der Waals surface area (Å²) in [6, 6.07) is 6.87. The molecule has 0 aromatic heterocycles. The molecule has 1 aromatic rings. The normalized spacial score (nSPS) is 16.5. The lowest BCUT2D eigenvalue weighted by Crippen LogP contribution is -2.25. The molecule has 1 aliphatic rings. The molecule has 21 heavy (non-hydrogen) atoms. The van der Waals surface area contributed by atoms with Crippen LogP contribution in [0, 0.1) is 5.92 Å². The van der Waals surface area contributed by atoms with E-state index in [0.29, 0.717) is 19.3 Å². The molecule has 0 bridgehead atoms. The van der Waals surface area contributed by atoms with Crippen LogP contribution in [-0.4, -0.2) is 26.9 Å². The number of nitrogens with one attached hydrogen (secondary N) is 1. The zero-order valence-corrected chi connectivity index (χ0v) is 14.6. The van der Waals surface area contributed by atoms with Gasteiger partial charge < -0.3 is 14.8 Å². The predicted octanol–water partition coefficient (Wildman–Crippen LogP) is 4.32. The lowest BCUT2D eigenvalue weighted by molar-refractivity contribution is 0.146. The summed E-state index contributed by atoms with van der Waals surface area (Å²) in [6.07, 6.45) is 5.42. The Morgan fingerprint density at radius 1 is 1.33 bits per heavy atom. The van der Waals surface area contributed by atoms with Crippen LogP contribution in [0.4, 0.5) is 0 Å². The lowest BCUT2D eigenvalue weighted by atomic mass is 9.79. The fourth-order valence-corrected chi connectivity index (χ4v) is 3.24. The van der Waals surface area contributed by atoms with Crippen molar-refractivity contribution in [2.75, 3.05) is 26.9 Å². The van der Waals surface area contributed by atoms with Crippen LogP contribution in [0.25, 0.3) is 0 Å². The number of ether oxygens (including phenoxy) is 2. The van der Waals surface area contributed by atoms with E-state index in [2.05, 4.69) is 46.4 Å². The first-order chi connectivity index (χ1) is 10.2. The molecule has 1 saturated carbocycles. The van der Waals surface area contributed by atoms with Crippen molar-refractivity contribution >= 4 is 15.9 Å². The van der Waals surface area contributed by atoms with Gasteiger partial charge in [0.2, 0.25) is 0 Å². The first-order valence-electron chi connectivity index (χ1n) is 7.89. The molecular weight excluding hydrogens is 330 g/mol. The van der Waals surface area contributed by atoms with E-state index in [1.807, 2.05) is 0 Å². The van der Waals surface area contributed by atoms with Gasteiger partial charge in [0.05, 0.1) is 11.1 Å². The number of hydrogen-bond donors (Lipinski definition) is 1. The van der Waals surface area contributed by atoms with Crippen LogP contribution in [0.3, 0.4) is 0 Å². The third-order valence-corrected chi connectivity index (χ3v) is 4.77. The van der Waals surface area contributed by atoms with E-state index in [9.17, 15) is 0 Å². The van der Waals surface area contributed by atoms with Crippen LogP contribution in [-0.2, 0) is 4.74 Å². The highest BCUT2D eigenvalue weighted by molar-refractivity contribution is 9.10. The molecule has 0 spiro atoms. The molecule has 0 saturated heterocycles. The minimum atomic E-state index is 0.449. The summed E-state index contributed by atoms with van der Waals surface area (Å²) in [6.45, 7) is 4.36. The molecule has 0 radical (unpaired) electrons. The van der Waals surface area contributed by atoms with Crippen LogP contribution in [0.15, 0.2) is 22.7 Å². The third kappa shape index (κ3) is 4.97. The summed E-state index contributed by atoms with van der Waals surface area (Å²) in [5.74, 6) is 1.78.